The molecule has 0 aromatic carbocycles. The molecule has 2 heterocycles. The van der Waals surface area contributed by atoms with Crippen molar-refractivity contribution in [1.82, 2.24) is 10.3 Å². The van der Waals surface area contributed by atoms with Crippen LogP contribution >= 0.6 is 0 Å². The van der Waals surface area contributed by atoms with Crippen molar-refractivity contribution in [2.24, 2.45) is 22.9 Å². The van der Waals surface area contributed by atoms with Crippen molar-refractivity contribution in [2.45, 2.75) is 38.1 Å². The van der Waals surface area contributed by atoms with Gasteiger partial charge < -0.3 is 5.32 Å². The maximum absolute atomic E-state index is 12.4. The smallest absolute Gasteiger partial charge is 0.267 e. The van der Waals surface area contributed by atoms with E-state index in [1.807, 2.05) is 0 Å². The van der Waals surface area contributed by atoms with E-state index >= 15 is 0 Å². The largest absolute Gasteiger partial charge is 0.351 e. The first-order chi connectivity index (χ1) is 11.9. The number of nitrogens with one attached hydrogen (secondary N) is 1. The fourth-order valence-corrected chi connectivity index (χ4v) is 6.14. The van der Waals surface area contributed by atoms with Crippen molar-refractivity contribution >= 4 is 27.4 Å². The zero-order chi connectivity index (χ0) is 17.6. The maximum Gasteiger partial charge on any atom is 0.267 e. The normalized spacial score (nSPS) is 35.9. The molecule has 1 saturated carbocycles. The lowest BCUT2D eigenvalue weighted by Gasteiger charge is -2.28. The maximum atomic E-state index is 12.4. The summed E-state index contributed by atoms with van der Waals surface area (Å²) in [6, 6.07) is -0.434. The summed E-state index contributed by atoms with van der Waals surface area (Å²) < 4.78 is 23.3. The predicted molar refractivity (Wildman–Crippen MR) is 92.4 cm³/mol. The molecule has 2 aliphatic carbocycles. The number of allylic oxidation sites excluding steroid dienone is 2. The topological polar surface area (TPSA) is 95.9 Å². The zero-order valence-corrected chi connectivity index (χ0v) is 14.9. The van der Waals surface area contributed by atoms with E-state index in [1.165, 1.54) is 11.4 Å². The lowest BCUT2D eigenvalue weighted by Crippen LogP contribution is -2.44. The summed E-state index contributed by atoms with van der Waals surface area (Å²) in [6.07, 6.45) is 7.76. The number of nitrogens with zero attached hydrogens (tertiary/aromatic N) is 2. The van der Waals surface area contributed by atoms with Gasteiger partial charge in [-0.2, -0.15) is 5.10 Å². The van der Waals surface area contributed by atoms with Crippen LogP contribution in [0.5, 0.6) is 0 Å². The average molecular weight is 365 g/mol. The molecule has 136 valence electrons. The summed E-state index contributed by atoms with van der Waals surface area (Å²) in [7, 11) is -3.10. The van der Waals surface area contributed by atoms with Crippen LogP contribution in [0.25, 0.3) is 0 Å². The minimum Gasteiger partial charge on any atom is -0.351 e. The Kier molecular flexibility index (Phi) is 4.17. The Morgan fingerprint density at radius 2 is 2.12 bits per heavy atom. The summed E-state index contributed by atoms with van der Waals surface area (Å²) in [4.78, 5) is 24.5. The van der Waals surface area contributed by atoms with E-state index in [0.29, 0.717) is 42.9 Å². The quantitative estimate of drug-likeness (QED) is 0.733. The van der Waals surface area contributed by atoms with Crippen molar-refractivity contribution in [3.63, 3.8) is 0 Å². The molecule has 25 heavy (non-hydrogen) atoms. The van der Waals surface area contributed by atoms with Crippen molar-refractivity contribution in [2.75, 3.05) is 18.1 Å². The Labute approximate surface area is 147 Å². The van der Waals surface area contributed by atoms with Crippen molar-refractivity contribution in [3.8, 4) is 0 Å². The molecular weight excluding hydrogens is 342 g/mol. The van der Waals surface area contributed by atoms with Gasteiger partial charge in [-0.15, -0.1) is 0 Å². The molecule has 1 saturated heterocycles. The Morgan fingerprint density at radius 3 is 2.76 bits per heavy atom. The van der Waals surface area contributed by atoms with Crippen LogP contribution in [0.4, 0.5) is 0 Å². The van der Waals surface area contributed by atoms with E-state index in [1.54, 1.807) is 0 Å². The minimum atomic E-state index is -3.10. The lowest BCUT2D eigenvalue weighted by atomic mass is 9.93. The van der Waals surface area contributed by atoms with Crippen molar-refractivity contribution in [3.05, 3.63) is 12.2 Å². The van der Waals surface area contributed by atoms with Crippen LogP contribution in [0, 0.1) is 17.8 Å². The number of fused-ring (bicyclic) bond motifs is 2. The van der Waals surface area contributed by atoms with Gasteiger partial charge in [-0.3, -0.25) is 9.59 Å². The Morgan fingerprint density at radius 1 is 1.28 bits per heavy atom. The van der Waals surface area contributed by atoms with Gasteiger partial charge in [-0.25, -0.2) is 13.4 Å². The SMILES string of the molecule is O=C(NC[C@@H]1C[C@H]2C=C[C@@H]1C2)C1=NN([C@@H]2CCS(=O)(=O)C2)C(=O)CC1. The summed E-state index contributed by atoms with van der Waals surface area (Å²) in [6.45, 7) is 0.634. The molecule has 0 aromatic heterocycles. The van der Waals surface area contributed by atoms with Crippen LogP contribution in [-0.2, 0) is 19.4 Å². The highest BCUT2D eigenvalue weighted by Gasteiger charge is 2.38. The van der Waals surface area contributed by atoms with Gasteiger partial charge in [0, 0.05) is 19.4 Å². The van der Waals surface area contributed by atoms with Crippen LogP contribution in [0.15, 0.2) is 17.3 Å². The van der Waals surface area contributed by atoms with Gasteiger partial charge in [0.15, 0.2) is 9.84 Å². The first kappa shape index (κ1) is 16.8. The van der Waals surface area contributed by atoms with Gasteiger partial charge in [0.25, 0.3) is 5.91 Å². The second-order valence-corrected chi connectivity index (χ2v) is 9.82. The van der Waals surface area contributed by atoms with Gasteiger partial charge >= 0.3 is 0 Å². The number of amides is 2. The summed E-state index contributed by atoms with van der Waals surface area (Å²) >= 11 is 0. The van der Waals surface area contributed by atoms with Crippen LogP contribution in [0.1, 0.15) is 32.1 Å². The van der Waals surface area contributed by atoms with E-state index in [-0.39, 0.29) is 29.7 Å². The van der Waals surface area contributed by atoms with Gasteiger partial charge in [-0.05, 0) is 37.0 Å². The first-order valence-electron chi connectivity index (χ1n) is 8.98. The number of sulfone groups is 1. The second-order valence-electron chi connectivity index (χ2n) is 7.59. The number of rotatable bonds is 4. The van der Waals surface area contributed by atoms with E-state index in [9.17, 15) is 18.0 Å². The van der Waals surface area contributed by atoms with E-state index in [2.05, 4.69) is 22.6 Å². The number of hydrazone groups is 1. The summed E-state index contributed by atoms with van der Waals surface area (Å²) in [5.74, 6) is 1.31. The molecule has 0 unspecified atom stereocenters. The third-order valence-electron chi connectivity index (χ3n) is 5.82. The van der Waals surface area contributed by atoms with Crippen molar-refractivity contribution < 1.29 is 18.0 Å². The van der Waals surface area contributed by atoms with Gasteiger partial charge in [-0.1, -0.05) is 12.2 Å². The van der Waals surface area contributed by atoms with Gasteiger partial charge in [0.2, 0.25) is 5.91 Å². The molecule has 2 fully saturated rings. The molecule has 4 aliphatic rings. The Hall–Kier alpha value is -1.70. The number of carbonyl (C=O) groups is 2. The van der Waals surface area contributed by atoms with Crippen molar-refractivity contribution in [1.29, 1.82) is 0 Å². The average Bonchev–Trinajstić information content (AvgIpc) is 3.28. The lowest BCUT2D eigenvalue weighted by molar-refractivity contribution is -0.133. The number of hydrogen-bond acceptors (Lipinski definition) is 5. The molecule has 4 rings (SSSR count). The highest BCUT2D eigenvalue weighted by Crippen LogP contribution is 2.42. The molecule has 0 aromatic rings. The summed E-state index contributed by atoms with van der Waals surface area (Å²) in [5.41, 5.74) is 0.336. The number of hydrogen-bond donors (Lipinski definition) is 1. The Balaban J connectivity index is 1.39. The van der Waals surface area contributed by atoms with Crippen LogP contribution < -0.4 is 5.32 Å². The molecule has 7 nitrogen and oxygen atoms in total. The van der Waals surface area contributed by atoms with Crippen LogP contribution in [-0.4, -0.2) is 55.0 Å². The zero-order valence-electron chi connectivity index (χ0n) is 14.1. The van der Waals surface area contributed by atoms with Gasteiger partial charge in [0.05, 0.1) is 17.5 Å². The molecular formula is C17H23N3O4S. The van der Waals surface area contributed by atoms with Crippen LogP contribution in [0.2, 0.25) is 0 Å². The standard InChI is InChI=1S/C17H23N3O4S/c21-16-4-3-15(19-20(16)14-5-6-25(23,24)10-14)17(22)18-9-13-8-11-1-2-12(13)7-11/h1-2,11-14H,3-10H2,(H,18,22)/t11-,12+,13-,14+/m0/s1. The predicted octanol–water partition coefficient (Wildman–Crippen LogP) is 0.480. The molecule has 2 amide bonds. The third kappa shape index (κ3) is 3.36. The molecule has 8 heteroatoms. The number of carbonyl (C=O) groups excluding carboxylic acids is 2. The molecule has 2 bridgehead atoms. The highest BCUT2D eigenvalue weighted by molar-refractivity contribution is 7.91. The summed E-state index contributed by atoms with van der Waals surface area (Å²) in [5, 5.41) is 8.41. The highest BCUT2D eigenvalue weighted by atomic mass is 32.2. The minimum absolute atomic E-state index is 0.0609. The molecule has 0 radical (unpaired) electrons. The molecule has 0 spiro atoms. The fourth-order valence-electron chi connectivity index (χ4n) is 4.44. The van der Waals surface area contributed by atoms with E-state index in [0.717, 1.165) is 6.42 Å². The molecule has 1 N–H and O–H groups in total. The van der Waals surface area contributed by atoms with Crippen LogP contribution in [0.3, 0.4) is 0 Å². The fraction of sp³-hybridized carbons (Fsp3) is 0.706. The molecule has 2 aliphatic heterocycles. The van der Waals surface area contributed by atoms with E-state index < -0.39 is 15.9 Å². The third-order valence-corrected chi connectivity index (χ3v) is 7.57. The Bertz CT molecular complexity index is 758. The van der Waals surface area contributed by atoms with E-state index in [4.69, 9.17) is 0 Å². The van der Waals surface area contributed by atoms with Gasteiger partial charge in [0.1, 0.15) is 5.71 Å². The first-order valence-corrected chi connectivity index (χ1v) is 10.8. The second kappa shape index (κ2) is 6.23. The molecule has 4 atom stereocenters. The monoisotopic (exact) mass is 365 g/mol.